The summed E-state index contributed by atoms with van der Waals surface area (Å²) in [5.74, 6) is -0.225. The van der Waals surface area contributed by atoms with Crippen molar-refractivity contribution >= 4 is 5.97 Å². The molecule has 1 N–H and O–H groups in total. The van der Waals surface area contributed by atoms with Gasteiger partial charge in [-0.3, -0.25) is 0 Å². The van der Waals surface area contributed by atoms with E-state index in [1.807, 2.05) is 12.1 Å². The maximum absolute atomic E-state index is 11.3. The van der Waals surface area contributed by atoms with E-state index in [4.69, 9.17) is 4.42 Å². The number of aromatic carboxylic acids is 1. The second-order valence-electron chi connectivity index (χ2n) is 5.62. The van der Waals surface area contributed by atoms with Crippen LogP contribution in [0.15, 0.2) is 47.1 Å². The maximum Gasteiger partial charge on any atom is 0.358 e. The first kappa shape index (κ1) is 15.0. The van der Waals surface area contributed by atoms with Gasteiger partial charge in [0, 0.05) is 0 Å². The van der Waals surface area contributed by atoms with Gasteiger partial charge < -0.3 is 9.52 Å². The van der Waals surface area contributed by atoms with Crippen LogP contribution in [0.25, 0.3) is 11.5 Å². The zero-order valence-electron chi connectivity index (χ0n) is 12.9. The van der Waals surface area contributed by atoms with Crippen molar-refractivity contribution in [3.63, 3.8) is 0 Å². The number of carboxylic acids is 1. The second-order valence-corrected chi connectivity index (χ2v) is 5.62. The fraction of sp³-hybridized carbons (Fsp3) is 0.235. The molecule has 6 nitrogen and oxygen atoms in total. The Morgan fingerprint density at radius 3 is 2.57 bits per heavy atom. The van der Waals surface area contributed by atoms with E-state index in [0.29, 0.717) is 23.9 Å². The summed E-state index contributed by atoms with van der Waals surface area (Å²) < 4.78 is 6.88. The van der Waals surface area contributed by atoms with Crippen LogP contribution in [0.4, 0.5) is 0 Å². The van der Waals surface area contributed by atoms with Gasteiger partial charge in [0.1, 0.15) is 5.69 Å². The monoisotopic (exact) mass is 311 g/mol. The third-order valence-corrected chi connectivity index (χ3v) is 3.67. The zero-order valence-corrected chi connectivity index (χ0v) is 12.9. The molecular weight excluding hydrogens is 294 g/mol. The average molecular weight is 311 g/mol. The summed E-state index contributed by atoms with van der Waals surface area (Å²) in [6.45, 7) is 4.70. The largest absolute Gasteiger partial charge is 0.476 e. The van der Waals surface area contributed by atoms with Crippen molar-refractivity contribution in [2.75, 3.05) is 0 Å². The standard InChI is InChI=1S/C17H17N3O3/c1-11(2)13-7-5-12(6-8-13)10-20-16(14-4-3-9-23-14)15(17(21)22)18-19-20/h3-9,11H,10H2,1-2H3,(H,21,22). The summed E-state index contributed by atoms with van der Waals surface area (Å²) in [4.78, 5) is 11.3. The van der Waals surface area contributed by atoms with Crippen molar-refractivity contribution in [2.24, 2.45) is 0 Å². The zero-order chi connectivity index (χ0) is 16.4. The fourth-order valence-electron chi connectivity index (χ4n) is 2.41. The number of hydrogen-bond acceptors (Lipinski definition) is 4. The Labute approximate surface area is 133 Å². The SMILES string of the molecule is CC(C)c1ccc(Cn2nnc(C(=O)O)c2-c2ccco2)cc1. The van der Waals surface area contributed by atoms with E-state index in [1.54, 1.807) is 16.8 Å². The average Bonchev–Trinajstić information content (AvgIpc) is 3.16. The highest BCUT2D eigenvalue weighted by Crippen LogP contribution is 2.24. The molecule has 2 heterocycles. The molecule has 0 fully saturated rings. The van der Waals surface area contributed by atoms with Crippen molar-refractivity contribution in [2.45, 2.75) is 26.3 Å². The van der Waals surface area contributed by atoms with Crippen LogP contribution in [0.5, 0.6) is 0 Å². The third-order valence-electron chi connectivity index (χ3n) is 3.67. The minimum Gasteiger partial charge on any atom is -0.476 e. The molecule has 0 aliphatic carbocycles. The van der Waals surface area contributed by atoms with E-state index in [9.17, 15) is 9.90 Å². The molecule has 2 aromatic heterocycles. The van der Waals surface area contributed by atoms with Gasteiger partial charge in [-0.05, 0) is 29.2 Å². The summed E-state index contributed by atoms with van der Waals surface area (Å²) in [6, 6.07) is 11.6. The Kier molecular flexibility index (Phi) is 3.97. The Balaban J connectivity index is 1.95. The van der Waals surface area contributed by atoms with Crippen LogP contribution in [0.2, 0.25) is 0 Å². The smallest absolute Gasteiger partial charge is 0.358 e. The summed E-state index contributed by atoms with van der Waals surface area (Å²) in [7, 11) is 0. The molecule has 118 valence electrons. The van der Waals surface area contributed by atoms with Crippen LogP contribution in [0.1, 0.15) is 41.4 Å². The second kappa shape index (κ2) is 6.08. The van der Waals surface area contributed by atoms with Crippen molar-refractivity contribution in [3.8, 4) is 11.5 Å². The number of furan rings is 1. The predicted octanol–water partition coefficient (Wildman–Crippen LogP) is 3.41. The van der Waals surface area contributed by atoms with E-state index >= 15 is 0 Å². The number of benzene rings is 1. The Morgan fingerprint density at radius 2 is 2.00 bits per heavy atom. The van der Waals surface area contributed by atoms with Gasteiger partial charge in [0.2, 0.25) is 5.69 Å². The van der Waals surface area contributed by atoms with Gasteiger partial charge >= 0.3 is 5.97 Å². The third kappa shape index (κ3) is 3.01. The van der Waals surface area contributed by atoms with Gasteiger partial charge in [0.25, 0.3) is 0 Å². The van der Waals surface area contributed by atoms with Crippen molar-refractivity contribution in [1.29, 1.82) is 0 Å². The number of carboxylic acid groups (broad SMARTS) is 1. The Bertz CT molecular complexity index is 802. The first-order valence-corrected chi connectivity index (χ1v) is 7.35. The molecule has 0 saturated heterocycles. The molecular formula is C17H17N3O3. The number of hydrogen-bond donors (Lipinski definition) is 1. The van der Waals surface area contributed by atoms with E-state index in [2.05, 4.69) is 36.3 Å². The molecule has 0 atom stereocenters. The Hall–Kier alpha value is -2.89. The molecule has 1 aromatic carbocycles. The van der Waals surface area contributed by atoms with Crippen molar-refractivity contribution < 1.29 is 14.3 Å². The quantitative estimate of drug-likeness (QED) is 0.781. The summed E-state index contributed by atoms with van der Waals surface area (Å²) in [5.41, 5.74) is 2.53. The van der Waals surface area contributed by atoms with Crippen LogP contribution in [-0.4, -0.2) is 26.1 Å². The van der Waals surface area contributed by atoms with Gasteiger partial charge in [-0.25, -0.2) is 9.48 Å². The molecule has 0 saturated carbocycles. The fourth-order valence-corrected chi connectivity index (χ4v) is 2.41. The van der Waals surface area contributed by atoms with Crippen molar-refractivity contribution in [1.82, 2.24) is 15.0 Å². The van der Waals surface area contributed by atoms with Gasteiger partial charge in [-0.1, -0.05) is 43.3 Å². The molecule has 0 amide bonds. The number of aromatic nitrogens is 3. The number of carbonyl (C=O) groups is 1. The summed E-state index contributed by atoms with van der Waals surface area (Å²) in [5, 5.41) is 17.0. The highest BCUT2D eigenvalue weighted by molar-refractivity contribution is 5.91. The van der Waals surface area contributed by atoms with E-state index in [0.717, 1.165) is 5.56 Å². The lowest BCUT2D eigenvalue weighted by Gasteiger charge is -2.08. The molecule has 0 radical (unpaired) electrons. The molecule has 0 bridgehead atoms. The Morgan fingerprint density at radius 1 is 1.26 bits per heavy atom. The van der Waals surface area contributed by atoms with E-state index in [1.165, 1.54) is 11.8 Å². The predicted molar refractivity (Wildman–Crippen MR) is 84.3 cm³/mol. The summed E-state index contributed by atoms with van der Waals surface area (Å²) >= 11 is 0. The minimum atomic E-state index is -1.13. The molecule has 0 aliphatic rings. The minimum absolute atomic E-state index is 0.112. The highest BCUT2D eigenvalue weighted by atomic mass is 16.4. The molecule has 0 spiro atoms. The first-order valence-electron chi connectivity index (χ1n) is 7.35. The molecule has 23 heavy (non-hydrogen) atoms. The normalized spacial score (nSPS) is 11.1. The van der Waals surface area contributed by atoms with Gasteiger partial charge in [0.15, 0.2) is 5.76 Å². The van der Waals surface area contributed by atoms with Crippen molar-refractivity contribution in [3.05, 3.63) is 59.5 Å². The lowest BCUT2D eigenvalue weighted by molar-refractivity contribution is 0.0691. The van der Waals surface area contributed by atoms with Gasteiger partial charge in [-0.2, -0.15) is 0 Å². The van der Waals surface area contributed by atoms with Crippen LogP contribution < -0.4 is 0 Å². The van der Waals surface area contributed by atoms with E-state index < -0.39 is 5.97 Å². The number of rotatable bonds is 5. The lowest BCUT2D eigenvalue weighted by atomic mass is 10.0. The summed E-state index contributed by atoms with van der Waals surface area (Å²) in [6.07, 6.45) is 1.50. The van der Waals surface area contributed by atoms with Crippen LogP contribution in [0.3, 0.4) is 0 Å². The van der Waals surface area contributed by atoms with Crippen LogP contribution in [-0.2, 0) is 6.54 Å². The molecule has 6 heteroatoms. The maximum atomic E-state index is 11.3. The molecule has 0 aliphatic heterocycles. The van der Waals surface area contributed by atoms with Crippen LogP contribution in [0, 0.1) is 0 Å². The van der Waals surface area contributed by atoms with Gasteiger partial charge in [-0.15, -0.1) is 5.10 Å². The molecule has 3 rings (SSSR count). The van der Waals surface area contributed by atoms with E-state index in [-0.39, 0.29) is 5.69 Å². The lowest BCUT2D eigenvalue weighted by Crippen LogP contribution is -2.06. The number of nitrogens with zero attached hydrogens (tertiary/aromatic N) is 3. The topological polar surface area (TPSA) is 81.2 Å². The van der Waals surface area contributed by atoms with Crippen LogP contribution >= 0.6 is 0 Å². The van der Waals surface area contributed by atoms with Gasteiger partial charge in [0.05, 0.1) is 12.8 Å². The molecule has 3 aromatic rings. The highest BCUT2D eigenvalue weighted by Gasteiger charge is 2.22. The first-order chi connectivity index (χ1) is 11.1. The molecule has 0 unspecified atom stereocenters.